The highest BCUT2D eigenvalue weighted by atomic mass is 16.5. The molecule has 2 N–H and O–H groups in total. The van der Waals surface area contributed by atoms with Gasteiger partial charge in [-0.25, -0.2) is 0 Å². The fraction of sp³-hybridized carbons (Fsp3) is 0.600. The van der Waals surface area contributed by atoms with Gasteiger partial charge in [0.05, 0.1) is 19.3 Å². The second-order valence-electron chi connectivity index (χ2n) is 4.85. The van der Waals surface area contributed by atoms with Crippen molar-refractivity contribution in [2.45, 2.75) is 31.8 Å². The molecule has 2 rings (SSSR count). The third-order valence-corrected chi connectivity index (χ3v) is 3.52. The summed E-state index contributed by atoms with van der Waals surface area (Å²) in [6.07, 6.45) is 4.96. The van der Waals surface area contributed by atoms with E-state index < -0.39 is 0 Å². The van der Waals surface area contributed by atoms with Gasteiger partial charge >= 0.3 is 0 Å². The molecule has 0 aliphatic heterocycles. The first kappa shape index (κ1) is 13.4. The quantitative estimate of drug-likeness (QED) is 0.755. The molecule has 3 nitrogen and oxygen atoms in total. The summed E-state index contributed by atoms with van der Waals surface area (Å²) < 4.78 is 11.5. The Morgan fingerprint density at radius 1 is 1.11 bits per heavy atom. The van der Waals surface area contributed by atoms with Gasteiger partial charge in [0.25, 0.3) is 0 Å². The van der Waals surface area contributed by atoms with Gasteiger partial charge in [0.1, 0.15) is 5.75 Å². The maximum atomic E-state index is 5.88. The molecule has 3 heteroatoms. The molecular formula is C15H23NO2. The van der Waals surface area contributed by atoms with Crippen LogP contribution in [-0.2, 0) is 4.74 Å². The molecular weight excluding hydrogens is 226 g/mol. The Bertz CT molecular complexity index is 329. The molecule has 0 heterocycles. The molecule has 1 aromatic rings. The zero-order chi connectivity index (χ0) is 12.6. The van der Waals surface area contributed by atoms with E-state index in [0.29, 0.717) is 18.6 Å². The molecule has 0 amide bonds. The molecule has 2 atom stereocenters. The van der Waals surface area contributed by atoms with Gasteiger partial charge in [-0.3, -0.25) is 0 Å². The number of hydrogen-bond acceptors (Lipinski definition) is 3. The lowest BCUT2D eigenvalue weighted by atomic mass is 10.1. The van der Waals surface area contributed by atoms with E-state index in [9.17, 15) is 0 Å². The van der Waals surface area contributed by atoms with E-state index in [2.05, 4.69) is 0 Å². The van der Waals surface area contributed by atoms with Crippen LogP contribution in [-0.4, -0.2) is 25.9 Å². The number of para-hydroxylation sites is 1. The van der Waals surface area contributed by atoms with Crippen molar-refractivity contribution in [1.29, 1.82) is 0 Å². The predicted octanol–water partition coefficient (Wildman–Crippen LogP) is 2.60. The third-order valence-electron chi connectivity index (χ3n) is 3.52. The summed E-state index contributed by atoms with van der Waals surface area (Å²) in [7, 11) is 0. The van der Waals surface area contributed by atoms with Crippen molar-refractivity contribution in [3.8, 4) is 5.75 Å². The van der Waals surface area contributed by atoms with Gasteiger partial charge in [-0.2, -0.15) is 0 Å². The Labute approximate surface area is 109 Å². The minimum absolute atomic E-state index is 0.381. The monoisotopic (exact) mass is 249 g/mol. The van der Waals surface area contributed by atoms with Gasteiger partial charge in [-0.15, -0.1) is 0 Å². The van der Waals surface area contributed by atoms with Crippen LogP contribution in [0.25, 0.3) is 0 Å². The maximum Gasteiger partial charge on any atom is 0.119 e. The van der Waals surface area contributed by atoms with Gasteiger partial charge in [-0.05, 0) is 37.4 Å². The summed E-state index contributed by atoms with van der Waals surface area (Å²) in [6, 6.07) is 9.90. The van der Waals surface area contributed by atoms with Crippen molar-refractivity contribution in [3.63, 3.8) is 0 Å². The van der Waals surface area contributed by atoms with Crippen LogP contribution in [0.5, 0.6) is 5.75 Å². The zero-order valence-corrected chi connectivity index (χ0v) is 10.9. The van der Waals surface area contributed by atoms with E-state index >= 15 is 0 Å². The Balaban J connectivity index is 1.56. The molecule has 0 spiro atoms. The molecule has 1 aliphatic carbocycles. The molecule has 18 heavy (non-hydrogen) atoms. The standard InChI is InChI=1S/C15H23NO2/c16-12-13-6-4-9-15(13)18-11-5-10-17-14-7-2-1-3-8-14/h1-3,7-8,13,15H,4-6,9-12,16H2. The first-order chi connectivity index (χ1) is 8.90. The average molecular weight is 249 g/mol. The number of hydrogen-bond donors (Lipinski definition) is 1. The Morgan fingerprint density at radius 2 is 1.94 bits per heavy atom. The smallest absolute Gasteiger partial charge is 0.119 e. The van der Waals surface area contributed by atoms with E-state index in [-0.39, 0.29) is 0 Å². The first-order valence-corrected chi connectivity index (χ1v) is 6.89. The number of benzene rings is 1. The highest BCUT2D eigenvalue weighted by Crippen LogP contribution is 2.27. The third kappa shape index (κ3) is 4.00. The molecule has 2 unspecified atom stereocenters. The molecule has 1 saturated carbocycles. The Kier molecular flexibility index (Phi) is 5.49. The summed E-state index contributed by atoms with van der Waals surface area (Å²) in [5.41, 5.74) is 5.73. The van der Waals surface area contributed by atoms with Gasteiger partial charge in [0.15, 0.2) is 0 Å². The summed E-state index contributed by atoms with van der Waals surface area (Å²) in [6.45, 7) is 2.24. The van der Waals surface area contributed by atoms with Crippen LogP contribution in [0.1, 0.15) is 25.7 Å². The minimum atomic E-state index is 0.381. The van der Waals surface area contributed by atoms with E-state index in [1.807, 2.05) is 30.3 Å². The minimum Gasteiger partial charge on any atom is -0.494 e. The number of nitrogens with two attached hydrogens (primary N) is 1. The molecule has 1 fully saturated rings. The fourth-order valence-electron chi connectivity index (χ4n) is 2.49. The molecule has 0 bridgehead atoms. The van der Waals surface area contributed by atoms with Crippen LogP contribution in [0.15, 0.2) is 30.3 Å². The van der Waals surface area contributed by atoms with Crippen LogP contribution >= 0.6 is 0 Å². The topological polar surface area (TPSA) is 44.5 Å². The maximum absolute atomic E-state index is 5.88. The lowest BCUT2D eigenvalue weighted by molar-refractivity contribution is 0.0241. The highest BCUT2D eigenvalue weighted by molar-refractivity contribution is 5.20. The van der Waals surface area contributed by atoms with Gasteiger partial charge in [0.2, 0.25) is 0 Å². The second kappa shape index (κ2) is 7.39. The van der Waals surface area contributed by atoms with E-state index in [0.717, 1.165) is 25.3 Å². The normalized spacial score (nSPS) is 23.2. The predicted molar refractivity (Wildman–Crippen MR) is 72.7 cm³/mol. The van der Waals surface area contributed by atoms with Crippen molar-refractivity contribution in [2.75, 3.05) is 19.8 Å². The second-order valence-corrected chi connectivity index (χ2v) is 4.85. The Morgan fingerprint density at radius 3 is 2.72 bits per heavy atom. The molecule has 0 radical (unpaired) electrons. The summed E-state index contributed by atoms with van der Waals surface area (Å²) >= 11 is 0. The fourth-order valence-corrected chi connectivity index (χ4v) is 2.49. The average Bonchev–Trinajstić information content (AvgIpc) is 2.87. The van der Waals surface area contributed by atoms with Crippen molar-refractivity contribution in [3.05, 3.63) is 30.3 Å². The van der Waals surface area contributed by atoms with Crippen LogP contribution in [0, 0.1) is 5.92 Å². The zero-order valence-electron chi connectivity index (χ0n) is 10.9. The van der Waals surface area contributed by atoms with Crippen molar-refractivity contribution in [1.82, 2.24) is 0 Å². The molecule has 0 aromatic heterocycles. The molecule has 1 aliphatic rings. The summed E-state index contributed by atoms with van der Waals surface area (Å²) in [5.74, 6) is 1.50. The lowest BCUT2D eigenvalue weighted by Crippen LogP contribution is -2.25. The largest absolute Gasteiger partial charge is 0.494 e. The van der Waals surface area contributed by atoms with Gasteiger partial charge in [0, 0.05) is 6.42 Å². The van der Waals surface area contributed by atoms with E-state index in [1.54, 1.807) is 0 Å². The SMILES string of the molecule is NCC1CCCC1OCCCOc1ccccc1. The van der Waals surface area contributed by atoms with Crippen LogP contribution in [0.2, 0.25) is 0 Å². The van der Waals surface area contributed by atoms with Crippen molar-refractivity contribution >= 4 is 0 Å². The first-order valence-electron chi connectivity index (χ1n) is 6.89. The molecule has 0 saturated heterocycles. The van der Waals surface area contributed by atoms with E-state index in [1.165, 1.54) is 19.3 Å². The van der Waals surface area contributed by atoms with Crippen LogP contribution in [0.4, 0.5) is 0 Å². The Hall–Kier alpha value is -1.06. The van der Waals surface area contributed by atoms with Gasteiger partial charge in [-0.1, -0.05) is 24.6 Å². The highest BCUT2D eigenvalue weighted by Gasteiger charge is 2.26. The van der Waals surface area contributed by atoms with Crippen LogP contribution in [0.3, 0.4) is 0 Å². The summed E-state index contributed by atoms with van der Waals surface area (Å²) in [5, 5.41) is 0. The van der Waals surface area contributed by atoms with Crippen molar-refractivity contribution < 1.29 is 9.47 Å². The molecule has 100 valence electrons. The summed E-state index contributed by atoms with van der Waals surface area (Å²) in [4.78, 5) is 0. The van der Waals surface area contributed by atoms with Crippen molar-refractivity contribution in [2.24, 2.45) is 11.7 Å². The lowest BCUT2D eigenvalue weighted by Gasteiger charge is -2.18. The van der Waals surface area contributed by atoms with Crippen LogP contribution < -0.4 is 10.5 Å². The van der Waals surface area contributed by atoms with Gasteiger partial charge < -0.3 is 15.2 Å². The molecule has 1 aromatic carbocycles. The number of ether oxygens (including phenoxy) is 2. The number of rotatable bonds is 7. The van der Waals surface area contributed by atoms with E-state index in [4.69, 9.17) is 15.2 Å².